The van der Waals surface area contributed by atoms with Crippen molar-refractivity contribution in [2.75, 3.05) is 13.1 Å². The maximum Gasteiger partial charge on any atom is 0.269 e. The van der Waals surface area contributed by atoms with Gasteiger partial charge in [-0.1, -0.05) is 12.1 Å². The fourth-order valence-electron chi connectivity index (χ4n) is 2.34. The molecule has 29 heavy (non-hydrogen) atoms. The maximum atomic E-state index is 12.4. The summed E-state index contributed by atoms with van der Waals surface area (Å²) in [6.45, 7) is 5.25. The Morgan fingerprint density at radius 1 is 1.03 bits per heavy atom. The summed E-state index contributed by atoms with van der Waals surface area (Å²) in [6, 6.07) is 12.3. The monoisotopic (exact) mass is 401 g/mol. The molecule has 0 saturated carbocycles. The molecule has 0 unspecified atom stereocenters. The van der Waals surface area contributed by atoms with E-state index in [-0.39, 0.29) is 18.1 Å². The number of nitrogens with one attached hydrogen (secondary N) is 2. The number of nitro benzene ring substituents is 1. The van der Waals surface area contributed by atoms with E-state index in [1.165, 1.54) is 24.3 Å². The van der Waals surface area contributed by atoms with Gasteiger partial charge in [-0.15, -0.1) is 0 Å². The van der Waals surface area contributed by atoms with Crippen molar-refractivity contribution in [3.05, 3.63) is 58.6 Å². The summed E-state index contributed by atoms with van der Waals surface area (Å²) in [6.07, 6.45) is 0. The summed E-state index contributed by atoms with van der Waals surface area (Å²) in [4.78, 5) is 34.2. The van der Waals surface area contributed by atoms with Crippen molar-refractivity contribution >= 4 is 17.5 Å². The summed E-state index contributed by atoms with van der Waals surface area (Å²) in [7, 11) is 0. The first kappa shape index (κ1) is 21.7. The zero-order chi connectivity index (χ0) is 21.4. The lowest BCUT2D eigenvalue weighted by atomic mass is 10.1. The van der Waals surface area contributed by atoms with Gasteiger partial charge in [0, 0.05) is 18.7 Å². The Morgan fingerprint density at radius 3 is 2.24 bits per heavy atom. The highest BCUT2D eigenvalue weighted by Gasteiger charge is 2.31. The highest BCUT2D eigenvalue weighted by Crippen LogP contribution is 2.34. The van der Waals surface area contributed by atoms with Crippen molar-refractivity contribution in [2.45, 2.75) is 26.4 Å². The third kappa shape index (κ3) is 6.20. The lowest BCUT2D eigenvalue weighted by Gasteiger charge is -2.26. The topological polar surface area (TPSA) is 120 Å². The molecule has 0 aliphatic carbocycles. The Morgan fingerprint density at radius 2 is 1.66 bits per heavy atom. The van der Waals surface area contributed by atoms with E-state index in [1.807, 2.05) is 0 Å². The number of benzene rings is 2. The first-order valence-electron chi connectivity index (χ1n) is 8.98. The van der Waals surface area contributed by atoms with E-state index in [9.17, 15) is 19.7 Å². The minimum absolute atomic E-state index is 0.0493. The Kier molecular flexibility index (Phi) is 7.13. The van der Waals surface area contributed by atoms with Crippen LogP contribution in [0.1, 0.15) is 20.8 Å². The zero-order valence-electron chi connectivity index (χ0n) is 16.4. The normalized spacial score (nSPS) is 10.7. The summed E-state index contributed by atoms with van der Waals surface area (Å²) in [5.41, 5.74) is -1.33. The van der Waals surface area contributed by atoms with Gasteiger partial charge in [-0.05, 0) is 45.0 Å². The van der Waals surface area contributed by atoms with Gasteiger partial charge in [-0.3, -0.25) is 19.7 Å². The van der Waals surface area contributed by atoms with E-state index in [1.54, 1.807) is 45.0 Å². The van der Waals surface area contributed by atoms with Crippen molar-refractivity contribution in [1.29, 1.82) is 0 Å². The Labute approximate surface area is 168 Å². The number of para-hydroxylation sites is 2. The Balaban J connectivity index is 2.09. The first-order valence-corrected chi connectivity index (χ1v) is 8.98. The minimum atomic E-state index is -1.28. The fraction of sp³-hybridized carbons (Fsp3) is 0.300. The summed E-state index contributed by atoms with van der Waals surface area (Å²) < 4.78 is 11.6. The van der Waals surface area contributed by atoms with Gasteiger partial charge < -0.3 is 20.1 Å². The molecule has 0 saturated heterocycles. The summed E-state index contributed by atoms with van der Waals surface area (Å²) >= 11 is 0. The van der Waals surface area contributed by atoms with Gasteiger partial charge in [0.25, 0.3) is 11.6 Å². The SMILES string of the molecule is CCNC(=O)CNC(=O)C(C)(C)Oc1ccccc1Oc1ccc([N+](=O)[O-])cc1. The van der Waals surface area contributed by atoms with Crippen LogP contribution in [0.5, 0.6) is 17.2 Å². The van der Waals surface area contributed by atoms with Gasteiger partial charge in [0.05, 0.1) is 11.5 Å². The van der Waals surface area contributed by atoms with Crippen LogP contribution in [0.15, 0.2) is 48.5 Å². The minimum Gasteiger partial charge on any atom is -0.474 e. The van der Waals surface area contributed by atoms with Crippen LogP contribution in [-0.2, 0) is 9.59 Å². The molecule has 2 aromatic carbocycles. The molecule has 0 fully saturated rings. The third-order valence-electron chi connectivity index (χ3n) is 3.82. The van der Waals surface area contributed by atoms with Crippen LogP contribution in [0, 0.1) is 10.1 Å². The average Bonchev–Trinajstić information content (AvgIpc) is 2.68. The number of amides is 2. The van der Waals surface area contributed by atoms with E-state index in [0.29, 0.717) is 23.8 Å². The third-order valence-corrected chi connectivity index (χ3v) is 3.82. The zero-order valence-corrected chi connectivity index (χ0v) is 16.4. The highest BCUT2D eigenvalue weighted by atomic mass is 16.6. The highest BCUT2D eigenvalue weighted by molar-refractivity contribution is 5.89. The molecule has 0 atom stereocenters. The second kappa shape index (κ2) is 9.54. The molecule has 9 heteroatoms. The molecule has 2 N–H and O–H groups in total. The number of likely N-dealkylation sites (N-methyl/N-ethyl adjacent to an activating group) is 1. The van der Waals surface area contributed by atoms with E-state index >= 15 is 0 Å². The molecule has 0 heterocycles. The standard InChI is InChI=1S/C20H23N3O6/c1-4-21-18(24)13-22-19(25)20(2,3)29-17-8-6-5-7-16(17)28-15-11-9-14(10-12-15)23(26)27/h5-12H,4,13H2,1-3H3,(H,21,24)(H,22,25). The molecule has 0 aliphatic rings. The van der Waals surface area contributed by atoms with Crippen molar-refractivity contribution in [3.63, 3.8) is 0 Å². The van der Waals surface area contributed by atoms with Gasteiger partial charge in [0.15, 0.2) is 17.1 Å². The van der Waals surface area contributed by atoms with Gasteiger partial charge in [-0.25, -0.2) is 0 Å². The number of hydrogen-bond donors (Lipinski definition) is 2. The molecular weight excluding hydrogens is 378 g/mol. The number of carbonyl (C=O) groups excluding carboxylic acids is 2. The van der Waals surface area contributed by atoms with Crippen LogP contribution in [0.3, 0.4) is 0 Å². The molecule has 154 valence electrons. The summed E-state index contributed by atoms with van der Waals surface area (Å²) in [5, 5.41) is 15.9. The lowest BCUT2D eigenvalue weighted by molar-refractivity contribution is -0.384. The number of non-ortho nitro benzene ring substituents is 1. The number of hydrogen-bond acceptors (Lipinski definition) is 6. The fourth-order valence-corrected chi connectivity index (χ4v) is 2.34. The van der Waals surface area contributed by atoms with Crippen LogP contribution >= 0.6 is 0 Å². The molecule has 9 nitrogen and oxygen atoms in total. The number of nitro groups is 1. The van der Waals surface area contributed by atoms with Crippen molar-refractivity contribution in [3.8, 4) is 17.2 Å². The predicted octanol–water partition coefficient (Wildman–Crippen LogP) is 2.80. The lowest BCUT2D eigenvalue weighted by Crippen LogP contribution is -2.49. The molecule has 0 aromatic heterocycles. The van der Waals surface area contributed by atoms with Crippen molar-refractivity contribution in [1.82, 2.24) is 10.6 Å². The number of rotatable bonds is 9. The maximum absolute atomic E-state index is 12.4. The van der Waals surface area contributed by atoms with Gasteiger partial charge in [0.2, 0.25) is 5.91 Å². The second-order valence-electron chi connectivity index (χ2n) is 6.55. The molecule has 0 bridgehead atoms. The first-order chi connectivity index (χ1) is 13.7. The quantitative estimate of drug-likeness (QED) is 0.492. The van der Waals surface area contributed by atoms with E-state index in [2.05, 4.69) is 10.6 Å². The average molecular weight is 401 g/mol. The molecule has 0 spiro atoms. The van der Waals surface area contributed by atoms with Crippen LogP contribution in [0.2, 0.25) is 0 Å². The van der Waals surface area contributed by atoms with E-state index in [4.69, 9.17) is 9.47 Å². The van der Waals surface area contributed by atoms with Crippen LogP contribution in [-0.4, -0.2) is 35.4 Å². The number of nitrogens with zero attached hydrogens (tertiary/aromatic N) is 1. The Bertz CT molecular complexity index is 880. The second-order valence-corrected chi connectivity index (χ2v) is 6.55. The van der Waals surface area contributed by atoms with Gasteiger partial charge in [-0.2, -0.15) is 0 Å². The van der Waals surface area contributed by atoms with Gasteiger partial charge in [0.1, 0.15) is 5.75 Å². The van der Waals surface area contributed by atoms with E-state index in [0.717, 1.165) is 0 Å². The van der Waals surface area contributed by atoms with E-state index < -0.39 is 16.4 Å². The van der Waals surface area contributed by atoms with Crippen LogP contribution in [0.25, 0.3) is 0 Å². The molecule has 2 amide bonds. The molecule has 2 aromatic rings. The largest absolute Gasteiger partial charge is 0.474 e. The predicted molar refractivity (Wildman–Crippen MR) is 106 cm³/mol. The smallest absolute Gasteiger partial charge is 0.269 e. The van der Waals surface area contributed by atoms with Crippen molar-refractivity contribution in [2.24, 2.45) is 0 Å². The summed E-state index contributed by atoms with van der Waals surface area (Å²) in [5.74, 6) is 0.271. The molecular formula is C20H23N3O6. The number of ether oxygens (including phenoxy) is 2. The Hall–Kier alpha value is -3.62. The van der Waals surface area contributed by atoms with Crippen LogP contribution < -0.4 is 20.1 Å². The molecule has 0 radical (unpaired) electrons. The van der Waals surface area contributed by atoms with Gasteiger partial charge >= 0.3 is 0 Å². The van der Waals surface area contributed by atoms with Crippen LogP contribution in [0.4, 0.5) is 5.69 Å². The molecule has 2 rings (SSSR count). The molecule has 0 aliphatic heterocycles. The number of carbonyl (C=O) groups is 2. The van der Waals surface area contributed by atoms with Crippen molar-refractivity contribution < 1.29 is 24.0 Å².